The number of aromatic nitrogens is 2. The zero-order chi connectivity index (χ0) is 14.5. The van der Waals surface area contributed by atoms with Gasteiger partial charge in [-0.2, -0.15) is 0 Å². The van der Waals surface area contributed by atoms with E-state index in [1.54, 1.807) is 26.0 Å². The summed E-state index contributed by atoms with van der Waals surface area (Å²) in [5.41, 5.74) is 0. The van der Waals surface area contributed by atoms with E-state index in [1.165, 1.54) is 23.5 Å². The lowest BCUT2D eigenvalue weighted by Crippen LogP contribution is -2.32. The number of para-hydroxylation sites is 1. The van der Waals surface area contributed by atoms with Gasteiger partial charge in [0.1, 0.15) is 5.01 Å². The summed E-state index contributed by atoms with van der Waals surface area (Å²) >= 11 is 1.27. The van der Waals surface area contributed by atoms with Crippen LogP contribution in [0, 0.1) is 12.7 Å². The molecule has 0 unspecified atom stereocenters. The number of hydrogen-bond donors (Lipinski definition) is 1. The van der Waals surface area contributed by atoms with Crippen molar-refractivity contribution in [1.82, 2.24) is 10.2 Å². The molecule has 0 radical (unpaired) electrons. The third-order valence-corrected chi connectivity index (χ3v) is 3.28. The first-order valence-electron chi connectivity index (χ1n) is 6.12. The minimum Gasteiger partial charge on any atom is -0.478 e. The third kappa shape index (κ3) is 3.51. The van der Waals surface area contributed by atoms with E-state index in [0.29, 0.717) is 11.6 Å². The third-order valence-electron chi connectivity index (χ3n) is 2.53. The standard InChI is InChI=1S/C13H14FN3O2S/c1-3-10(19-11-7-5-4-6-9(11)14)12(18)15-13-17-16-8(2)20-13/h4-7,10H,3H2,1-2H3,(H,15,17,18)/t10-/m1/s1. The molecule has 0 bridgehead atoms. The highest BCUT2D eigenvalue weighted by atomic mass is 32.1. The van der Waals surface area contributed by atoms with Crippen LogP contribution in [0.1, 0.15) is 18.4 Å². The lowest BCUT2D eigenvalue weighted by Gasteiger charge is -2.16. The van der Waals surface area contributed by atoms with E-state index in [-0.39, 0.29) is 11.7 Å². The number of carbonyl (C=O) groups excluding carboxylic acids is 1. The minimum absolute atomic E-state index is 0.0583. The smallest absolute Gasteiger partial charge is 0.267 e. The van der Waals surface area contributed by atoms with Gasteiger partial charge in [-0.25, -0.2) is 4.39 Å². The van der Waals surface area contributed by atoms with Crippen LogP contribution in [0.3, 0.4) is 0 Å². The van der Waals surface area contributed by atoms with Crippen LogP contribution in [0.4, 0.5) is 9.52 Å². The number of benzene rings is 1. The molecule has 106 valence electrons. The lowest BCUT2D eigenvalue weighted by atomic mass is 10.2. The fourth-order valence-corrected chi connectivity index (χ4v) is 2.14. The highest BCUT2D eigenvalue weighted by molar-refractivity contribution is 7.15. The van der Waals surface area contributed by atoms with Crippen LogP contribution >= 0.6 is 11.3 Å². The predicted molar refractivity (Wildman–Crippen MR) is 74.4 cm³/mol. The molecule has 0 saturated heterocycles. The molecule has 0 aliphatic carbocycles. The van der Waals surface area contributed by atoms with Crippen LogP contribution in [0.2, 0.25) is 0 Å². The first kappa shape index (κ1) is 14.4. The molecule has 2 rings (SSSR count). The fraction of sp³-hybridized carbons (Fsp3) is 0.308. The Balaban J connectivity index is 2.04. The second kappa shape index (κ2) is 6.42. The van der Waals surface area contributed by atoms with Gasteiger partial charge in [-0.1, -0.05) is 30.4 Å². The van der Waals surface area contributed by atoms with Crippen molar-refractivity contribution in [3.63, 3.8) is 0 Å². The number of halogens is 1. The highest BCUT2D eigenvalue weighted by Gasteiger charge is 2.21. The fourth-order valence-electron chi connectivity index (χ4n) is 1.55. The second-order valence-electron chi connectivity index (χ2n) is 4.06. The summed E-state index contributed by atoms with van der Waals surface area (Å²) in [4.78, 5) is 12.0. The van der Waals surface area contributed by atoms with Gasteiger partial charge >= 0.3 is 0 Å². The van der Waals surface area contributed by atoms with Gasteiger partial charge in [-0.15, -0.1) is 10.2 Å². The maximum absolute atomic E-state index is 13.5. The number of anilines is 1. The largest absolute Gasteiger partial charge is 0.478 e. The van der Waals surface area contributed by atoms with Gasteiger partial charge in [-0.3, -0.25) is 10.1 Å². The number of carbonyl (C=O) groups is 1. The Bertz CT molecular complexity index is 603. The van der Waals surface area contributed by atoms with Gasteiger partial charge in [-0.05, 0) is 25.5 Å². The summed E-state index contributed by atoms with van der Waals surface area (Å²) in [6.45, 7) is 3.58. The Hall–Kier alpha value is -2.02. The van der Waals surface area contributed by atoms with E-state index >= 15 is 0 Å². The quantitative estimate of drug-likeness (QED) is 0.921. The first-order chi connectivity index (χ1) is 9.60. The molecule has 1 N–H and O–H groups in total. The Kier molecular flexibility index (Phi) is 4.62. The number of nitrogens with zero attached hydrogens (tertiary/aromatic N) is 2. The van der Waals surface area contributed by atoms with Crippen molar-refractivity contribution < 1.29 is 13.9 Å². The number of nitrogens with one attached hydrogen (secondary N) is 1. The van der Waals surface area contributed by atoms with E-state index < -0.39 is 11.9 Å². The molecule has 0 saturated carbocycles. The topological polar surface area (TPSA) is 64.1 Å². The number of aryl methyl sites for hydroxylation is 1. The number of amides is 1. The van der Waals surface area contributed by atoms with Crippen LogP contribution in [-0.4, -0.2) is 22.2 Å². The number of ether oxygens (including phenoxy) is 1. The van der Waals surface area contributed by atoms with Crippen LogP contribution in [0.15, 0.2) is 24.3 Å². The van der Waals surface area contributed by atoms with Crippen molar-refractivity contribution in [2.24, 2.45) is 0 Å². The predicted octanol–water partition coefficient (Wildman–Crippen LogP) is 2.78. The van der Waals surface area contributed by atoms with Crippen molar-refractivity contribution in [3.8, 4) is 5.75 Å². The molecule has 1 heterocycles. The molecule has 1 aromatic carbocycles. The van der Waals surface area contributed by atoms with Crippen molar-refractivity contribution >= 4 is 22.4 Å². The molecule has 1 amide bonds. The van der Waals surface area contributed by atoms with Crippen LogP contribution in [0.5, 0.6) is 5.75 Å². The Morgan fingerprint density at radius 2 is 2.20 bits per heavy atom. The first-order valence-corrected chi connectivity index (χ1v) is 6.94. The number of hydrogen-bond acceptors (Lipinski definition) is 5. The molecule has 0 fully saturated rings. The molecule has 20 heavy (non-hydrogen) atoms. The van der Waals surface area contributed by atoms with Crippen LogP contribution in [-0.2, 0) is 4.79 Å². The second-order valence-corrected chi connectivity index (χ2v) is 5.24. The summed E-state index contributed by atoms with van der Waals surface area (Å²) in [6, 6.07) is 5.98. The molecule has 7 heteroatoms. The van der Waals surface area contributed by atoms with E-state index in [0.717, 1.165) is 5.01 Å². The average Bonchev–Trinajstić information content (AvgIpc) is 2.83. The lowest BCUT2D eigenvalue weighted by molar-refractivity contribution is -0.122. The molecule has 5 nitrogen and oxygen atoms in total. The van der Waals surface area contributed by atoms with Gasteiger partial charge in [0, 0.05) is 0 Å². The highest BCUT2D eigenvalue weighted by Crippen LogP contribution is 2.19. The Labute approximate surface area is 119 Å². The summed E-state index contributed by atoms with van der Waals surface area (Å²) in [5.74, 6) is -0.805. The molecule has 1 atom stereocenters. The summed E-state index contributed by atoms with van der Waals surface area (Å²) in [6.07, 6.45) is -0.367. The maximum Gasteiger partial charge on any atom is 0.267 e. The molecule has 2 aromatic rings. The Morgan fingerprint density at radius 3 is 2.80 bits per heavy atom. The minimum atomic E-state index is -0.781. The number of rotatable bonds is 5. The molecular weight excluding hydrogens is 281 g/mol. The van der Waals surface area contributed by atoms with Gasteiger partial charge < -0.3 is 4.74 Å². The summed E-state index contributed by atoms with van der Waals surface area (Å²) in [7, 11) is 0. The Morgan fingerprint density at radius 1 is 1.45 bits per heavy atom. The van der Waals surface area contributed by atoms with Crippen LogP contribution in [0.25, 0.3) is 0 Å². The van der Waals surface area contributed by atoms with Crippen LogP contribution < -0.4 is 10.1 Å². The van der Waals surface area contributed by atoms with Crippen molar-refractivity contribution in [3.05, 3.63) is 35.1 Å². The van der Waals surface area contributed by atoms with E-state index in [1.807, 2.05) is 0 Å². The van der Waals surface area contributed by atoms with Crippen molar-refractivity contribution in [1.29, 1.82) is 0 Å². The van der Waals surface area contributed by atoms with E-state index in [4.69, 9.17) is 4.74 Å². The molecule has 1 aromatic heterocycles. The van der Waals surface area contributed by atoms with E-state index in [9.17, 15) is 9.18 Å². The molecule has 0 aliphatic rings. The zero-order valence-electron chi connectivity index (χ0n) is 11.1. The van der Waals surface area contributed by atoms with Gasteiger partial charge in [0.05, 0.1) is 0 Å². The normalized spacial score (nSPS) is 11.9. The monoisotopic (exact) mass is 295 g/mol. The molecule has 0 spiro atoms. The van der Waals surface area contributed by atoms with Gasteiger partial charge in [0.25, 0.3) is 5.91 Å². The van der Waals surface area contributed by atoms with Gasteiger partial charge in [0.15, 0.2) is 17.7 Å². The molecule has 0 aliphatic heterocycles. The summed E-state index contributed by atoms with van der Waals surface area (Å²) in [5, 5.41) is 11.4. The average molecular weight is 295 g/mol. The van der Waals surface area contributed by atoms with Crippen molar-refractivity contribution in [2.45, 2.75) is 26.4 Å². The van der Waals surface area contributed by atoms with Crippen molar-refractivity contribution in [2.75, 3.05) is 5.32 Å². The van der Waals surface area contributed by atoms with Gasteiger partial charge in [0.2, 0.25) is 5.13 Å². The van der Waals surface area contributed by atoms with E-state index in [2.05, 4.69) is 15.5 Å². The molecular formula is C13H14FN3O2S. The SMILES string of the molecule is CC[C@@H](Oc1ccccc1F)C(=O)Nc1nnc(C)s1. The zero-order valence-corrected chi connectivity index (χ0v) is 11.9. The summed E-state index contributed by atoms with van der Waals surface area (Å²) < 4.78 is 18.9. The maximum atomic E-state index is 13.5.